The van der Waals surface area contributed by atoms with Crippen molar-refractivity contribution in [1.29, 1.82) is 0 Å². The fourth-order valence-corrected chi connectivity index (χ4v) is 6.78. The van der Waals surface area contributed by atoms with Crippen LogP contribution in [0.5, 0.6) is 0 Å². The van der Waals surface area contributed by atoms with Crippen molar-refractivity contribution in [2.75, 3.05) is 30.8 Å². The SMILES string of the molecule is CC1CNC(=O)c2cc3ccc(C(=O)Nc4ccc(C(=O)O)cc4)cc3n21.COC(=O)c1ccc(NC(=O)c2ccc3cc4n(c3c2)C(C)CNC4=O)cc1. The van der Waals surface area contributed by atoms with Gasteiger partial charge < -0.3 is 40.2 Å². The van der Waals surface area contributed by atoms with Crippen LogP contribution in [0.15, 0.2) is 97.1 Å². The van der Waals surface area contributed by atoms with Gasteiger partial charge in [-0.15, -0.1) is 0 Å². The highest BCUT2D eigenvalue weighted by atomic mass is 16.5. The van der Waals surface area contributed by atoms with Gasteiger partial charge in [-0.1, -0.05) is 12.1 Å². The van der Waals surface area contributed by atoms with Crippen LogP contribution in [-0.4, -0.2) is 70.0 Å². The number of aromatic carboxylic acids is 1. The molecule has 14 heteroatoms. The Bertz CT molecular complexity index is 2530. The largest absolute Gasteiger partial charge is 0.478 e. The Morgan fingerprint density at radius 2 is 1.02 bits per heavy atom. The number of fused-ring (bicyclic) bond motifs is 6. The summed E-state index contributed by atoms with van der Waals surface area (Å²) in [5.74, 6) is -2.24. The topological polar surface area (TPSA) is 190 Å². The zero-order chi connectivity index (χ0) is 39.0. The molecule has 14 nitrogen and oxygen atoms in total. The normalized spacial score (nSPS) is 15.8. The van der Waals surface area contributed by atoms with E-state index in [0.717, 1.165) is 21.8 Å². The zero-order valence-electron chi connectivity index (χ0n) is 30.0. The number of carbonyl (C=O) groups excluding carboxylic acids is 5. The van der Waals surface area contributed by atoms with Crippen molar-refractivity contribution < 1.29 is 38.6 Å². The molecule has 0 radical (unpaired) electrons. The average Bonchev–Trinajstić information content (AvgIpc) is 3.78. The summed E-state index contributed by atoms with van der Waals surface area (Å²) in [5.41, 5.74) is 5.48. The van der Waals surface area contributed by atoms with Gasteiger partial charge in [-0.25, -0.2) is 9.59 Å². The number of benzene rings is 4. The highest BCUT2D eigenvalue weighted by Crippen LogP contribution is 2.29. The average molecular weight is 741 g/mol. The van der Waals surface area contributed by atoms with Crippen LogP contribution in [0.25, 0.3) is 21.8 Å². The van der Waals surface area contributed by atoms with Crippen molar-refractivity contribution in [3.8, 4) is 0 Å². The van der Waals surface area contributed by atoms with Crippen LogP contribution in [0.2, 0.25) is 0 Å². The number of carboxylic acids is 1. The first kappa shape index (κ1) is 36.2. The number of carboxylic acid groups (broad SMARTS) is 1. The highest BCUT2D eigenvalue weighted by Gasteiger charge is 2.26. The quantitative estimate of drug-likeness (QED) is 0.131. The lowest BCUT2D eigenvalue weighted by Gasteiger charge is -2.24. The molecule has 2 unspecified atom stereocenters. The molecule has 278 valence electrons. The van der Waals surface area contributed by atoms with Gasteiger partial charge in [0.2, 0.25) is 0 Å². The number of rotatable bonds is 6. The third kappa shape index (κ3) is 7.12. The van der Waals surface area contributed by atoms with Gasteiger partial charge >= 0.3 is 11.9 Å². The lowest BCUT2D eigenvalue weighted by molar-refractivity contribution is 0.0599. The van der Waals surface area contributed by atoms with E-state index in [-0.39, 0.29) is 41.3 Å². The van der Waals surface area contributed by atoms with Gasteiger partial charge in [0, 0.05) is 69.5 Å². The van der Waals surface area contributed by atoms with Gasteiger partial charge in [0.05, 0.1) is 18.2 Å². The van der Waals surface area contributed by atoms with Crippen molar-refractivity contribution in [3.63, 3.8) is 0 Å². The van der Waals surface area contributed by atoms with E-state index < -0.39 is 11.9 Å². The lowest BCUT2D eigenvalue weighted by Crippen LogP contribution is -2.37. The molecule has 0 saturated heterocycles. The Hall–Kier alpha value is -7.22. The van der Waals surface area contributed by atoms with E-state index in [2.05, 4.69) is 26.0 Å². The zero-order valence-corrected chi connectivity index (χ0v) is 30.0. The molecular weight excluding hydrogens is 704 g/mol. The van der Waals surface area contributed by atoms with Gasteiger partial charge in [0.25, 0.3) is 23.6 Å². The maximum Gasteiger partial charge on any atom is 0.337 e. The van der Waals surface area contributed by atoms with Crippen molar-refractivity contribution in [3.05, 3.63) is 131 Å². The van der Waals surface area contributed by atoms with Crippen molar-refractivity contribution in [1.82, 2.24) is 19.8 Å². The lowest BCUT2D eigenvalue weighted by atomic mass is 10.1. The summed E-state index contributed by atoms with van der Waals surface area (Å²) >= 11 is 0. The number of amides is 4. The molecule has 2 atom stereocenters. The van der Waals surface area contributed by atoms with Crippen LogP contribution in [0, 0.1) is 0 Å². The smallest absolute Gasteiger partial charge is 0.337 e. The molecule has 55 heavy (non-hydrogen) atoms. The summed E-state index contributed by atoms with van der Waals surface area (Å²) in [6.07, 6.45) is 0. The number of anilines is 2. The maximum atomic E-state index is 12.7. The third-order valence-electron chi connectivity index (χ3n) is 9.62. The molecule has 0 bridgehead atoms. The Morgan fingerprint density at radius 1 is 0.618 bits per heavy atom. The van der Waals surface area contributed by atoms with E-state index in [1.165, 1.54) is 19.2 Å². The fraction of sp³-hybridized carbons (Fsp3) is 0.171. The van der Waals surface area contributed by atoms with E-state index >= 15 is 0 Å². The summed E-state index contributed by atoms with van der Waals surface area (Å²) in [5, 5.41) is 22.0. The predicted molar refractivity (Wildman–Crippen MR) is 205 cm³/mol. The van der Waals surface area contributed by atoms with Crippen LogP contribution < -0.4 is 21.3 Å². The van der Waals surface area contributed by atoms with Crippen molar-refractivity contribution in [2.24, 2.45) is 0 Å². The second kappa shape index (κ2) is 14.7. The van der Waals surface area contributed by atoms with Gasteiger partial charge in [0.15, 0.2) is 0 Å². The second-order valence-corrected chi connectivity index (χ2v) is 13.3. The first-order valence-electron chi connectivity index (χ1n) is 17.4. The first-order chi connectivity index (χ1) is 26.4. The molecule has 0 saturated carbocycles. The number of aromatic nitrogens is 2. The Balaban J connectivity index is 0.000000169. The molecule has 0 spiro atoms. The van der Waals surface area contributed by atoms with Crippen LogP contribution in [0.3, 0.4) is 0 Å². The second-order valence-electron chi connectivity index (χ2n) is 13.3. The molecule has 4 aromatic carbocycles. The number of ether oxygens (including phenoxy) is 1. The summed E-state index contributed by atoms with van der Waals surface area (Å²) in [7, 11) is 1.32. The molecule has 2 aromatic heterocycles. The van der Waals surface area contributed by atoms with Crippen LogP contribution >= 0.6 is 0 Å². The summed E-state index contributed by atoms with van der Waals surface area (Å²) in [6.45, 7) is 5.14. The third-order valence-corrected chi connectivity index (χ3v) is 9.62. The van der Waals surface area contributed by atoms with E-state index in [0.29, 0.717) is 52.5 Å². The summed E-state index contributed by atoms with van der Waals surface area (Å²) < 4.78 is 8.58. The molecule has 4 amide bonds. The number of nitrogens with one attached hydrogen (secondary N) is 4. The Labute approximate surface area is 314 Å². The predicted octanol–water partition coefficient (Wildman–Crippen LogP) is 5.88. The monoisotopic (exact) mass is 740 g/mol. The first-order valence-corrected chi connectivity index (χ1v) is 17.4. The number of hydrogen-bond acceptors (Lipinski definition) is 7. The van der Waals surface area contributed by atoms with E-state index in [4.69, 9.17) is 5.11 Å². The molecule has 0 fully saturated rings. The number of carbonyl (C=O) groups is 6. The Morgan fingerprint density at radius 3 is 1.42 bits per heavy atom. The van der Waals surface area contributed by atoms with Gasteiger partial charge in [0.1, 0.15) is 11.4 Å². The molecule has 6 aromatic rings. The van der Waals surface area contributed by atoms with Crippen molar-refractivity contribution in [2.45, 2.75) is 25.9 Å². The maximum absolute atomic E-state index is 12.7. The van der Waals surface area contributed by atoms with Gasteiger partial charge in [-0.05, 0) is 98.8 Å². The molecule has 4 heterocycles. The Kier molecular flexibility index (Phi) is 9.64. The van der Waals surface area contributed by atoms with Crippen LogP contribution in [-0.2, 0) is 4.74 Å². The number of esters is 1. The number of hydrogen-bond donors (Lipinski definition) is 5. The van der Waals surface area contributed by atoms with Crippen LogP contribution in [0.1, 0.15) is 88.3 Å². The minimum absolute atomic E-state index is 0.0945. The standard InChI is InChI=1S/C21H19N3O4.C20H17N3O4/c1-12-11-22-20(26)18-9-14-3-4-15(10-17(14)24(12)18)19(25)23-16-7-5-13(6-8-16)21(27)28-2;1-11-10-21-19(25)17-8-13-2-3-14(9-16(13)23(11)17)18(24)22-15-6-4-12(5-7-15)20(26)27/h3-10,12H,11H2,1-2H3,(H,22,26)(H,23,25);2-9,11H,10H2,1H3,(H,21,25)(H,22,24)(H,26,27). The molecule has 8 rings (SSSR count). The van der Waals surface area contributed by atoms with E-state index in [9.17, 15) is 28.8 Å². The molecule has 2 aliphatic rings. The molecular formula is C41H36N6O8. The minimum atomic E-state index is -1.02. The molecule has 5 N–H and O–H groups in total. The summed E-state index contributed by atoms with van der Waals surface area (Å²) in [6, 6.07) is 27.0. The number of methoxy groups -OCH3 is 1. The van der Waals surface area contributed by atoms with Gasteiger partial charge in [-0.2, -0.15) is 0 Å². The minimum Gasteiger partial charge on any atom is -0.478 e. The molecule has 0 aliphatic carbocycles. The fourth-order valence-electron chi connectivity index (χ4n) is 6.78. The van der Waals surface area contributed by atoms with Gasteiger partial charge in [-0.3, -0.25) is 19.2 Å². The van der Waals surface area contributed by atoms with E-state index in [1.54, 1.807) is 60.7 Å². The van der Waals surface area contributed by atoms with E-state index in [1.807, 2.05) is 47.2 Å². The summed E-state index contributed by atoms with van der Waals surface area (Å²) in [4.78, 5) is 71.9. The number of nitrogens with zero attached hydrogens (tertiary/aromatic N) is 2. The van der Waals surface area contributed by atoms with Crippen molar-refractivity contribution >= 4 is 68.7 Å². The van der Waals surface area contributed by atoms with Crippen LogP contribution in [0.4, 0.5) is 11.4 Å². The highest BCUT2D eigenvalue weighted by molar-refractivity contribution is 6.09. The molecule has 2 aliphatic heterocycles.